The van der Waals surface area contributed by atoms with Gasteiger partial charge in [0.25, 0.3) is 0 Å². The maximum Gasteiger partial charge on any atom is 0.119 e. The fourth-order valence-electron chi connectivity index (χ4n) is 3.26. The van der Waals surface area contributed by atoms with Crippen LogP contribution in [0.25, 0.3) is 0 Å². The zero-order valence-corrected chi connectivity index (χ0v) is 12.6. The maximum absolute atomic E-state index is 5.39. The van der Waals surface area contributed by atoms with Gasteiger partial charge in [-0.25, -0.2) is 0 Å². The summed E-state index contributed by atoms with van der Waals surface area (Å²) in [5.74, 6) is 0.906. The number of hydrogen-bond acceptors (Lipinski definition) is 2. The second kappa shape index (κ2) is 5.65. The first kappa shape index (κ1) is 13.7. The van der Waals surface area contributed by atoms with E-state index in [0.717, 1.165) is 12.2 Å². The number of para-hydroxylation sites is 1. The lowest BCUT2D eigenvalue weighted by molar-refractivity contribution is 0.412. The van der Waals surface area contributed by atoms with E-state index >= 15 is 0 Å². The number of fused-ring (bicyclic) bond motifs is 1. The maximum atomic E-state index is 5.39. The molecule has 2 unspecified atom stereocenters. The number of hydrogen-bond donors (Lipinski definition) is 0. The molecule has 2 aromatic carbocycles. The molecule has 0 N–H and O–H groups in total. The molecule has 3 rings (SSSR count). The van der Waals surface area contributed by atoms with Crippen molar-refractivity contribution in [2.45, 2.75) is 25.4 Å². The Morgan fingerprint density at radius 3 is 2.62 bits per heavy atom. The zero-order valence-electron chi connectivity index (χ0n) is 12.6. The third-order valence-corrected chi connectivity index (χ3v) is 4.24. The van der Waals surface area contributed by atoms with Crippen LogP contribution in [0.3, 0.4) is 0 Å². The van der Waals surface area contributed by atoms with Crippen molar-refractivity contribution in [3.63, 3.8) is 0 Å². The van der Waals surface area contributed by atoms with E-state index in [1.807, 2.05) is 12.1 Å². The van der Waals surface area contributed by atoms with E-state index in [1.165, 1.54) is 16.8 Å². The first-order valence-corrected chi connectivity index (χ1v) is 7.37. The summed E-state index contributed by atoms with van der Waals surface area (Å²) in [6, 6.07) is 17.6. The molecule has 108 valence electrons. The van der Waals surface area contributed by atoms with Gasteiger partial charge in [0.1, 0.15) is 5.75 Å². The molecule has 0 spiro atoms. The van der Waals surface area contributed by atoms with Crippen molar-refractivity contribution in [3.8, 4) is 5.75 Å². The van der Waals surface area contributed by atoms with Crippen LogP contribution < -0.4 is 9.64 Å². The molecule has 0 radical (unpaired) electrons. The fraction of sp³-hybridized carbons (Fsp3) is 0.263. The molecule has 0 aliphatic carbocycles. The van der Waals surface area contributed by atoms with E-state index in [-0.39, 0.29) is 6.04 Å². The summed E-state index contributed by atoms with van der Waals surface area (Å²) in [6.07, 6.45) is 3.07. The third kappa shape index (κ3) is 2.42. The van der Waals surface area contributed by atoms with Gasteiger partial charge in [-0.3, -0.25) is 0 Å². The minimum atomic E-state index is 0.182. The molecular formula is C19H21NO. The molecule has 1 aliphatic heterocycles. The van der Waals surface area contributed by atoms with Gasteiger partial charge < -0.3 is 9.64 Å². The van der Waals surface area contributed by atoms with Crippen molar-refractivity contribution in [2.24, 2.45) is 0 Å². The third-order valence-electron chi connectivity index (χ3n) is 4.24. The summed E-state index contributed by atoms with van der Waals surface area (Å²) < 4.78 is 5.39. The average Bonchev–Trinajstić information content (AvgIpc) is 2.54. The molecule has 1 heterocycles. The Hall–Kier alpha value is -2.22. The lowest BCUT2D eigenvalue weighted by Gasteiger charge is -2.42. The van der Waals surface area contributed by atoms with Crippen LogP contribution in [-0.4, -0.2) is 13.2 Å². The second-order valence-corrected chi connectivity index (χ2v) is 5.54. The topological polar surface area (TPSA) is 12.5 Å². The average molecular weight is 279 g/mol. The van der Waals surface area contributed by atoms with E-state index in [9.17, 15) is 0 Å². The van der Waals surface area contributed by atoms with Crippen LogP contribution in [0.1, 0.15) is 24.1 Å². The number of methoxy groups -OCH3 is 1. The van der Waals surface area contributed by atoms with E-state index in [1.54, 1.807) is 7.11 Å². The molecule has 0 saturated carbocycles. The molecule has 2 nitrogen and oxygen atoms in total. The second-order valence-electron chi connectivity index (χ2n) is 5.54. The van der Waals surface area contributed by atoms with Crippen LogP contribution in [-0.2, 0) is 6.42 Å². The van der Waals surface area contributed by atoms with Gasteiger partial charge in [-0.1, -0.05) is 30.3 Å². The Kier molecular flexibility index (Phi) is 3.70. The quantitative estimate of drug-likeness (QED) is 0.773. The van der Waals surface area contributed by atoms with Gasteiger partial charge in [0.15, 0.2) is 0 Å². The Bertz CT molecular complexity index is 635. The molecule has 2 aromatic rings. The first-order valence-electron chi connectivity index (χ1n) is 7.37. The Morgan fingerprint density at radius 2 is 1.95 bits per heavy atom. The summed E-state index contributed by atoms with van der Waals surface area (Å²) in [5.41, 5.74) is 3.93. The fourth-order valence-corrected chi connectivity index (χ4v) is 3.26. The van der Waals surface area contributed by atoms with Crippen molar-refractivity contribution in [2.75, 3.05) is 12.0 Å². The van der Waals surface area contributed by atoms with Crippen molar-refractivity contribution >= 4 is 5.69 Å². The van der Waals surface area contributed by atoms with Gasteiger partial charge in [-0.15, -0.1) is 6.58 Å². The van der Waals surface area contributed by atoms with Crippen molar-refractivity contribution in [1.82, 2.24) is 0 Å². The Morgan fingerprint density at radius 1 is 1.19 bits per heavy atom. The molecule has 2 atom stereocenters. The SMILES string of the molecule is C=CC1c2cc(OC)ccc2CC(C)N1c1ccccc1. The van der Waals surface area contributed by atoms with Gasteiger partial charge in [0.05, 0.1) is 13.2 Å². The molecule has 2 heteroatoms. The zero-order chi connectivity index (χ0) is 14.8. The van der Waals surface area contributed by atoms with E-state index in [0.29, 0.717) is 6.04 Å². The van der Waals surface area contributed by atoms with Gasteiger partial charge in [0, 0.05) is 11.7 Å². The van der Waals surface area contributed by atoms with E-state index < -0.39 is 0 Å². The van der Waals surface area contributed by atoms with Gasteiger partial charge in [-0.05, 0) is 48.7 Å². The molecular weight excluding hydrogens is 258 g/mol. The Balaban J connectivity index is 2.09. The van der Waals surface area contributed by atoms with Crippen LogP contribution in [0, 0.1) is 0 Å². The summed E-state index contributed by atoms with van der Waals surface area (Å²) in [7, 11) is 1.71. The standard InChI is InChI=1S/C19H21NO/c1-4-19-18-13-17(21-3)11-10-15(18)12-14(2)20(19)16-8-6-5-7-9-16/h4-11,13-14,19H,1,12H2,2-3H3. The normalized spacial score (nSPS) is 20.8. The van der Waals surface area contributed by atoms with Gasteiger partial charge >= 0.3 is 0 Å². The number of ether oxygens (including phenoxy) is 1. The lowest BCUT2D eigenvalue weighted by atomic mass is 9.88. The van der Waals surface area contributed by atoms with Crippen molar-refractivity contribution in [1.29, 1.82) is 0 Å². The molecule has 0 saturated heterocycles. The summed E-state index contributed by atoms with van der Waals surface area (Å²) >= 11 is 0. The Labute approximate surface area is 126 Å². The predicted molar refractivity (Wildman–Crippen MR) is 88.0 cm³/mol. The monoisotopic (exact) mass is 279 g/mol. The highest BCUT2D eigenvalue weighted by atomic mass is 16.5. The molecule has 0 bridgehead atoms. The van der Waals surface area contributed by atoms with Gasteiger partial charge in [0.2, 0.25) is 0 Å². The van der Waals surface area contributed by atoms with Crippen molar-refractivity contribution in [3.05, 3.63) is 72.3 Å². The minimum Gasteiger partial charge on any atom is -0.497 e. The molecule has 0 fully saturated rings. The summed E-state index contributed by atoms with van der Waals surface area (Å²) in [4.78, 5) is 2.44. The lowest BCUT2D eigenvalue weighted by Crippen LogP contribution is -2.41. The molecule has 21 heavy (non-hydrogen) atoms. The number of benzene rings is 2. The molecule has 0 aromatic heterocycles. The van der Waals surface area contributed by atoms with Crippen LogP contribution >= 0.6 is 0 Å². The highest BCUT2D eigenvalue weighted by Crippen LogP contribution is 2.38. The molecule has 1 aliphatic rings. The summed E-state index contributed by atoms with van der Waals surface area (Å²) in [5, 5.41) is 0. The summed E-state index contributed by atoms with van der Waals surface area (Å²) in [6.45, 7) is 6.34. The largest absolute Gasteiger partial charge is 0.497 e. The van der Waals surface area contributed by atoms with Crippen molar-refractivity contribution < 1.29 is 4.74 Å². The van der Waals surface area contributed by atoms with Crippen LogP contribution in [0.5, 0.6) is 5.75 Å². The van der Waals surface area contributed by atoms with Gasteiger partial charge in [-0.2, -0.15) is 0 Å². The number of nitrogens with zero attached hydrogens (tertiary/aromatic N) is 1. The number of rotatable bonds is 3. The highest BCUT2D eigenvalue weighted by molar-refractivity contribution is 5.55. The minimum absolute atomic E-state index is 0.182. The van der Waals surface area contributed by atoms with E-state index in [2.05, 4.69) is 60.9 Å². The first-order chi connectivity index (χ1) is 10.2. The van der Waals surface area contributed by atoms with Crippen LogP contribution in [0.4, 0.5) is 5.69 Å². The molecule has 0 amide bonds. The highest BCUT2D eigenvalue weighted by Gasteiger charge is 2.30. The predicted octanol–water partition coefficient (Wildman–Crippen LogP) is 4.37. The van der Waals surface area contributed by atoms with E-state index in [4.69, 9.17) is 4.74 Å². The number of anilines is 1. The van der Waals surface area contributed by atoms with Crippen LogP contribution in [0.15, 0.2) is 61.2 Å². The van der Waals surface area contributed by atoms with Crippen LogP contribution in [0.2, 0.25) is 0 Å². The smallest absolute Gasteiger partial charge is 0.119 e.